The zero-order valence-electron chi connectivity index (χ0n) is 22.3. The van der Waals surface area contributed by atoms with Crippen LogP contribution in [0.5, 0.6) is 17.2 Å². The van der Waals surface area contributed by atoms with Crippen molar-refractivity contribution in [3.8, 4) is 17.2 Å². The number of benzene rings is 4. The van der Waals surface area contributed by atoms with Gasteiger partial charge in [-0.3, -0.25) is 0 Å². The second-order valence-corrected chi connectivity index (χ2v) is 10.9. The van der Waals surface area contributed by atoms with Crippen LogP contribution in [0.15, 0.2) is 107 Å². The number of rotatable bonds is 7. The van der Waals surface area contributed by atoms with Crippen LogP contribution in [0.1, 0.15) is 70.6 Å². The van der Waals surface area contributed by atoms with Gasteiger partial charge in [-0.05, 0) is 83.3 Å². The molecule has 0 unspecified atom stereocenters. The number of aromatic hydroxyl groups is 1. The largest absolute Gasteiger partial charge is 0.508 e. The Labute approximate surface area is 221 Å². The van der Waals surface area contributed by atoms with E-state index < -0.39 is 0 Å². The Kier molecular flexibility index (Phi) is 9.66. The first kappa shape index (κ1) is 27.4. The Morgan fingerprint density at radius 2 is 1.06 bits per heavy atom. The van der Waals surface area contributed by atoms with Gasteiger partial charge in [-0.2, -0.15) is 0 Å². The van der Waals surface area contributed by atoms with Crippen molar-refractivity contribution in [2.75, 3.05) is 0 Å². The molecule has 188 valence electrons. The summed E-state index contributed by atoms with van der Waals surface area (Å²) in [5.41, 5.74) is 3.54. The van der Waals surface area contributed by atoms with Gasteiger partial charge in [0.15, 0.2) is 0 Å². The summed E-state index contributed by atoms with van der Waals surface area (Å²) in [4.78, 5) is 2.42. The van der Waals surface area contributed by atoms with Gasteiger partial charge in [-0.25, -0.2) is 0 Å². The quantitative estimate of drug-likeness (QED) is 0.275. The Balaban J connectivity index is 0.00000115. The fourth-order valence-corrected chi connectivity index (χ4v) is 4.57. The molecule has 0 saturated carbocycles. The normalized spacial score (nSPS) is 11.1. The van der Waals surface area contributed by atoms with Crippen molar-refractivity contribution >= 4 is 11.8 Å². The monoisotopic (exact) mass is 498 g/mol. The van der Waals surface area contributed by atoms with Crippen LogP contribution in [-0.4, -0.2) is 5.11 Å². The lowest BCUT2D eigenvalue weighted by atomic mass is 9.78. The van der Waals surface area contributed by atoms with Gasteiger partial charge in [-0.1, -0.05) is 96.1 Å². The molecule has 0 aliphatic heterocycles. The highest BCUT2D eigenvalue weighted by molar-refractivity contribution is 7.99. The topological polar surface area (TPSA) is 29.5 Å². The van der Waals surface area contributed by atoms with E-state index in [1.54, 1.807) is 23.9 Å². The third-order valence-corrected chi connectivity index (χ3v) is 7.02. The zero-order valence-corrected chi connectivity index (χ0v) is 23.1. The molecule has 3 heteroatoms. The molecular formula is C33H38O2S. The molecule has 0 atom stereocenters. The fourth-order valence-electron chi connectivity index (χ4n) is 3.75. The molecule has 0 radical (unpaired) electrons. The van der Waals surface area contributed by atoms with E-state index in [1.807, 2.05) is 36.4 Å². The van der Waals surface area contributed by atoms with Crippen LogP contribution < -0.4 is 4.74 Å². The summed E-state index contributed by atoms with van der Waals surface area (Å²) in [7, 11) is 0. The van der Waals surface area contributed by atoms with Gasteiger partial charge in [0.1, 0.15) is 17.2 Å². The van der Waals surface area contributed by atoms with Gasteiger partial charge >= 0.3 is 0 Å². The molecule has 0 saturated heterocycles. The third-order valence-electron chi connectivity index (χ3n) is 6.01. The van der Waals surface area contributed by atoms with Crippen molar-refractivity contribution in [2.24, 2.45) is 0 Å². The summed E-state index contributed by atoms with van der Waals surface area (Å²) < 4.78 is 6.07. The van der Waals surface area contributed by atoms with Gasteiger partial charge in [0.25, 0.3) is 0 Å². The number of phenols is 1. The standard InChI is InChI=1S/C30H30O2S.C3H8/c1-21(2)22-5-17-28(18-6-22)33-29-19-15-27(16-20-29)32-26-13-9-24(10-14-26)30(3,4)23-7-11-25(31)12-8-23;1-3-2/h5-21,31H,1-4H3;3H2,1-2H3. The van der Waals surface area contributed by atoms with Gasteiger partial charge in [0.05, 0.1) is 0 Å². The minimum Gasteiger partial charge on any atom is -0.508 e. The molecule has 0 spiro atoms. The van der Waals surface area contributed by atoms with E-state index in [4.69, 9.17) is 4.74 Å². The van der Waals surface area contributed by atoms with Gasteiger partial charge in [0, 0.05) is 15.2 Å². The molecule has 0 heterocycles. The van der Waals surface area contributed by atoms with Crippen LogP contribution in [0, 0.1) is 0 Å². The van der Waals surface area contributed by atoms with Crippen molar-refractivity contribution in [1.82, 2.24) is 0 Å². The van der Waals surface area contributed by atoms with Crippen molar-refractivity contribution in [3.05, 3.63) is 114 Å². The summed E-state index contributed by atoms with van der Waals surface area (Å²) in [6.07, 6.45) is 1.25. The lowest BCUT2D eigenvalue weighted by Crippen LogP contribution is -2.18. The molecule has 4 aromatic carbocycles. The van der Waals surface area contributed by atoms with Crippen LogP contribution in [0.3, 0.4) is 0 Å². The minimum absolute atomic E-state index is 0.168. The van der Waals surface area contributed by atoms with E-state index in [-0.39, 0.29) is 11.2 Å². The zero-order chi connectivity index (χ0) is 26.1. The Morgan fingerprint density at radius 1 is 0.667 bits per heavy atom. The molecule has 2 nitrogen and oxygen atoms in total. The molecule has 4 aromatic rings. The highest BCUT2D eigenvalue weighted by Crippen LogP contribution is 2.35. The number of hydrogen-bond donors (Lipinski definition) is 1. The highest BCUT2D eigenvalue weighted by Gasteiger charge is 2.23. The van der Waals surface area contributed by atoms with E-state index in [2.05, 4.69) is 90.1 Å². The molecular weight excluding hydrogens is 460 g/mol. The van der Waals surface area contributed by atoms with Crippen LogP contribution in [0.2, 0.25) is 0 Å². The van der Waals surface area contributed by atoms with Crippen molar-refractivity contribution < 1.29 is 9.84 Å². The predicted octanol–water partition coefficient (Wildman–Crippen LogP) is 10.2. The van der Waals surface area contributed by atoms with Gasteiger partial charge in [0.2, 0.25) is 0 Å². The van der Waals surface area contributed by atoms with Crippen molar-refractivity contribution in [3.63, 3.8) is 0 Å². The highest BCUT2D eigenvalue weighted by atomic mass is 32.2. The third kappa shape index (κ3) is 7.41. The Morgan fingerprint density at radius 3 is 1.50 bits per heavy atom. The summed E-state index contributed by atoms with van der Waals surface area (Å²) in [6, 6.07) is 32.6. The summed E-state index contributed by atoms with van der Waals surface area (Å²) in [5, 5.41) is 9.57. The summed E-state index contributed by atoms with van der Waals surface area (Å²) >= 11 is 1.76. The van der Waals surface area contributed by atoms with Crippen molar-refractivity contribution in [1.29, 1.82) is 0 Å². The lowest BCUT2D eigenvalue weighted by molar-refractivity contribution is 0.474. The van der Waals surface area contributed by atoms with E-state index in [0.717, 1.165) is 17.1 Å². The molecule has 0 aliphatic rings. The van der Waals surface area contributed by atoms with Crippen LogP contribution in [-0.2, 0) is 5.41 Å². The Hall–Kier alpha value is -3.17. The number of ether oxygens (including phenoxy) is 1. The minimum atomic E-state index is -0.168. The second kappa shape index (κ2) is 12.7. The molecule has 0 fully saturated rings. The maximum absolute atomic E-state index is 9.57. The first-order valence-corrected chi connectivity index (χ1v) is 13.5. The summed E-state index contributed by atoms with van der Waals surface area (Å²) in [6.45, 7) is 13.0. The van der Waals surface area contributed by atoms with E-state index >= 15 is 0 Å². The molecule has 0 amide bonds. The smallest absolute Gasteiger partial charge is 0.127 e. The van der Waals surface area contributed by atoms with Crippen LogP contribution in [0.25, 0.3) is 0 Å². The lowest BCUT2D eigenvalue weighted by Gasteiger charge is -2.26. The SMILES string of the molecule is CC(C)c1ccc(Sc2ccc(Oc3ccc(C(C)(C)c4ccc(O)cc4)cc3)cc2)cc1.CCC. The van der Waals surface area contributed by atoms with Crippen LogP contribution >= 0.6 is 11.8 Å². The predicted molar refractivity (Wildman–Crippen MR) is 154 cm³/mol. The first-order chi connectivity index (χ1) is 17.2. The molecule has 0 bridgehead atoms. The molecule has 0 aliphatic carbocycles. The average molecular weight is 499 g/mol. The second-order valence-electron chi connectivity index (χ2n) is 9.80. The molecule has 1 N–H and O–H groups in total. The van der Waals surface area contributed by atoms with Crippen LogP contribution in [0.4, 0.5) is 0 Å². The Bertz CT molecular complexity index is 1190. The first-order valence-electron chi connectivity index (χ1n) is 12.7. The number of hydrogen-bond acceptors (Lipinski definition) is 3. The summed E-state index contributed by atoms with van der Waals surface area (Å²) in [5.74, 6) is 2.46. The van der Waals surface area contributed by atoms with E-state index in [9.17, 15) is 5.11 Å². The molecule has 0 aromatic heterocycles. The maximum atomic E-state index is 9.57. The maximum Gasteiger partial charge on any atom is 0.127 e. The fraction of sp³-hybridized carbons (Fsp3) is 0.273. The van der Waals surface area contributed by atoms with Gasteiger partial charge < -0.3 is 9.84 Å². The number of phenolic OH excluding ortho intramolecular Hbond substituents is 1. The van der Waals surface area contributed by atoms with E-state index in [0.29, 0.717) is 5.92 Å². The van der Waals surface area contributed by atoms with Crippen molar-refractivity contribution in [2.45, 2.75) is 69.1 Å². The van der Waals surface area contributed by atoms with Gasteiger partial charge in [-0.15, -0.1) is 0 Å². The average Bonchev–Trinajstić information content (AvgIpc) is 2.87. The molecule has 36 heavy (non-hydrogen) atoms. The van der Waals surface area contributed by atoms with E-state index in [1.165, 1.54) is 27.3 Å². The molecule has 4 rings (SSSR count).